The van der Waals surface area contributed by atoms with Gasteiger partial charge >= 0.3 is 11.9 Å². The molecule has 3 saturated heterocycles. The van der Waals surface area contributed by atoms with Gasteiger partial charge in [-0.2, -0.15) is 5.06 Å². The van der Waals surface area contributed by atoms with E-state index < -0.39 is 89.7 Å². The first-order chi connectivity index (χ1) is 30.5. The topological polar surface area (TPSA) is 173 Å². The van der Waals surface area contributed by atoms with Crippen molar-refractivity contribution < 1.29 is 52.9 Å². The number of hydroxylamine groups is 2. The van der Waals surface area contributed by atoms with E-state index in [1.165, 1.54) is 20.9 Å². The summed E-state index contributed by atoms with van der Waals surface area (Å²) in [6.45, 7) is 4.94. The van der Waals surface area contributed by atoms with Crippen LogP contribution in [0.2, 0.25) is 0 Å². The van der Waals surface area contributed by atoms with E-state index >= 15 is 4.79 Å². The van der Waals surface area contributed by atoms with Gasteiger partial charge in [-0.15, -0.1) is 0 Å². The molecular formula is C49H58N4O11. The molecule has 3 aromatic carbocycles. The quantitative estimate of drug-likeness (QED) is 0.179. The first kappa shape index (κ1) is 45.1. The SMILES string of the molecule is CN(C)C(=O)C=Cc1ccc(CN2O[C@@H]3[C@H]4OC5(Cc6ccccc6C5)O[C@H]4[C@@H]4C[C@]3(C(=O)N(C)[C@H](Cc3ccccc3)C(=O)N[C@H](CO)CCC(=O)OC(C)(C)C)[C@@H]2C(=O)O4)cc1. The second kappa shape index (κ2) is 17.8. The normalized spacial score (nSPS) is 26.2. The van der Waals surface area contributed by atoms with Crippen LogP contribution in [-0.2, 0) is 73.6 Å². The first-order valence-electron chi connectivity index (χ1n) is 22.0. The van der Waals surface area contributed by atoms with Crippen LogP contribution in [0.15, 0.2) is 84.9 Å². The standard InChI is InChI=1S/C49H58N4O11/c1-47(2,3)61-39(56)23-21-35(29-54)50-44(57)36(24-31-12-8-7-9-13-31)52(6)46(59)49-27-37-40-41(63-48(62-40)25-33-14-10-11-15-34(33)26-48)43(49)64-53(42(49)45(58)60-37)28-32-18-16-30(17-19-32)20-22-38(55)51(4)5/h7-20,22,35-37,40-43,54H,21,23-29H2,1-6H3,(H,50,57)/t35-,36+,37-,40-,41-,42-,43+,49-/m0/s1. The molecule has 0 radical (unpaired) electrons. The van der Waals surface area contributed by atoms with Gasteiger partial charge < -0.3 is 39.2 Å². The Balaban J connectivity index is 1.12. The molecule has 1 spiro atoms. The number of hydrogen-bond acceptors (Lipinski definition) is 12. The van der Waals surface area contributed by atoms with E-state index in [4.69, 9.17) is 23.8 Å². The average molecular weight is 879 g/mol. The monoisotopic (exact) mass is 878 g/mol. The summed E-state index contributed by atoms with van der Waals surface area (Å²) in [4.78, 5) is 79.3. The number of aliphatic hydroxyl groups is 1. The van der Waals surface area contributed by atoms with Crippen LogP contribution < -0.4 is 5.32 Å². The van der Waals surface area contributed by atoms with Crippen molar-refractivity contribution in [1.82, 2.24) is 20.2 Å². The lowest BCUT2D eigenvalue weighted by molar-refractivity contribution is -0.218. The van der Waals surface area contributed by atoms with Gasteiger partial charge in [-0.25, -0.2) is 0 Å². The minimum absolute atomic E-state index is 0.0448. The second-order valence-electron chi connectivity index (χ2n) is 18.9. The number of fused-ring (bicyclic) bond motifs is 5. The third-order valence-corrected chi connectivity index (χ3v) is 12.9. The van der Waals surface area contributed by atoms with Gasteiger partial charge in [0.05, 0.1) is 19.2 Å². The van der Waals surface area contributed by atoms with E-state index in [1.54, 1.807) is 48.0 Å². The predicted molar refractivity (Wildman–Crippen MR) is 232 cm³/mol. The van der Waals surface area contributed by atoms with Gasteiger partial charge in [0.1, 0.15) is 41.5 Å². The Kier molecular flexibility index (Phi) is 12.6. The zero-order chi connectivity index (χ0) is 45.6. The third-order valence-electron chi connectivity index (χ3n) is 12.9. The molecule has 3 heterocycles. The smallest absolute Gasteiger partial charge is 0.327 e. The van der Waals surface area contributed by atoms with Gasteiger partial charge in [0.2, 0.25) is 17.7 Å². The molecule has 15 heteroatoms. The summed E-state index contributed by atoms with van der Waals surface area (Å²) in [5, 5.41) is 14.8. The summed E-state index contributed by atoms with van der Waals surface area (Å²) in [7, 11) is 4.91. The third kappa shape index (κ3) is 8.96. The fraction of sp³-hybridized carbons (Fsp3) is 0.490. The van der Waals surface area contributed by atoms with Crippen molar-refractivity contribution in [2.75, 3.05) is 27.7 Å². The maximum atomic E-state index is 15.8. The van der Waals surface area contributed by atoms with Crippen molar-refractivity contribution in [1.29, 1.82) is 0 Å². The molecule has 2 aliphatic carbocycles. The summed E-state index contributed by atoms with van der Waals surface area (Å²) in [5.74, 6) is -3.37. The maximum Gasteiger partial charge on any atom is 0.327 e. The second-order valence-corrected chi connectivity index (χ2v) is 18.9. The van der Waals surface area contributed by atoms with Crippen molar-refractivity contribution >= 4 is 35.7 Å². The minimum Gasteiger partial charge on any atom is -0.460 e. The number of amides is 3. The summed E-state index contributed by atoms with van der Waals surface area (Å²) in [6, 6.07) is 21.6. The van der Waals surface area contributed by atoms with Gasteiger partial charge in [-0.1, -0.05) is 78.9 Å². The van der Waals surface area contributed by atoms with E-state index in [-0.39, 0.29) is 38.1 Å². The van der Waals surface area contributed by atoms with Crippen LogP contribution in [0.25, 0.3) is 6.08 Å². The fourth-order valence-electron chi connectivity index (χ4n) is 9.87. The summed E-state index contributed by atoms with van der Waals surface area (Å²) < 4.78 is 25.4. The number of ether oxygens (including phenoxy) is 4. The van der Waals surface area contributed by atoms with Crippen LogP contribution >= 0.6 is 0 Å². The van der Waals surface area contributed by atoms with E-state index in [1.807, 2.05) is 78.9 Å². The molecule has 3 aromatic rings. The molecule has 0 aromatic heterocycles. The molecule has 4 fully saturated rings. The highest BCUT2D eigenvalue weighted by Crippen LogP contribution is 2.59. The lowest BCUT2D eigenvalue weighted by Crippen LogP contribution is -2.70. The number of aliphatic hydroxyl groups excluding tert-OH is 1. The van der Waals surface area contributed by atoms with Crippen LogP contribution in [0, 0.1) is 5.41 Å². The molecule has 8 rings (SSSR count). The number of nitrogens with zero attached hydrogens (tertiary/aromatic N) is 3. The summed E-state index contributed by atoms with van der Waals surface area (Å²) in [5.41, 5.74) is 2.24. The molecule has 5 aliphatic rings. The fourth-order valence-corrected chi connectivity index (χ4v) is 9.87. The zero-order valence-electron chi connectivity index (χ0n) is 37.2. The molecule has 2 N–H and O–H groups in total. The van der Waals surface area contributed by atoms with Crippen LogP contribution in [0.5, 0.6) is 0 Å². The van der Waals surface area contributed by atoms with E-state index in [9.17, 15) is 24.3 Å². The molecule has 0 unspecified atom stereocenters. The lowest BCUT2D eigenvalue weighted by Gasteiger charge is -2.50. The van der Waals surface area contributed by atoms with Gasteiger partial charge in [0, 0.05) is 59.3 Å². The number of nitrogens with one attached hydrogen (secondary N) is 1. The Bertz CT molecular complexity index is 2250. The van der Waals surface area contributed by atoms with Crippen molar-refractivity contribution in [2.45, 2.75) is 120 Å². The molecule has 8 atom stereocenters. The lowest BCUT2D eigenvalue weighted by atomic mass is 9.62. The Morgan fingerprint density at radius 3 is 2.22 bits per heavy atom. The van der Waals surface area contributed by atoms with Gasteiger partial charge in [-0.3, -0.25) is 28.8 Å². The highest BCUT2D eigenvalue weighted by molar-refractivity contribution is 5.96. The number of rotatable bonds is 14. The molecule has 3 aliphatic heterocycles. The minimum atomic E-state index is -1.58. The van der Waals surface area contributed by atoms with Crippen molar-refractivity contribution in [2.24, 2.45) is 5.41 Å². The number of carbonyl (C=O) groups excluding carboxylic acids is 5. The largest absolute Gasteiger partial charge is 0.460 e. The summed E-state index contributed by atoms with van der Waals surface area (Å²) in [6.07, 6.45) is 0.957. The van der Waals surface area contributed by atoms with Crippen molar-refractivity contribution in [3.8, 4) is 0 Å². The average Bonchev–Trinajstić information content (AvgIpc) is 3.94. The number of esters is 2. The van der Waals surface area contributed by atoms with Crippen molar-refractivity contribution in [3.05, 3.63) is 113 Å². The van der Waals surface area contributed by atoms with Crippen LogP contribution in [0.1, 0.15) is 67.9 Å². The highest BCUT2D eigenvalue weighted by Gasteiger charge is 2.77. The van der Waals surface area contributed by atoms with Crippen LogP contribution in [-0.4, -0.2) is 131 Å². The maximum absolute atomic E-state index is 15.8. The Morgan fingerprint density at radius 2 is 1.58 bits per heavy atom. The van der Waals surface area contributed by atoms with E-state index in [0.717, 1.165) is 27.8 Å². The first-order valence-corrected chi connectivity index (χ1v) is 22.0. The Labute approximate surface area is 373 Å². The van der Waals surface area contributed by atoms with Crippen molar-refractivity contribution in [3.63, 3.8) is 0 Å². The Hall–Kier alpha value is -5.45. The summed E-state index contributed by atoms with van der Waals surface area (Å²) >= 11 is 0. The van der Waals surface area contributed by atoms with E-state index in [0.29, 0.717) is 12.8 Å². The molecule has 3 amide bonds. The van der Waals surface area contributed by atoms with Crippen LogP contribution in [0.3, 0.4) is 0 Å². The molecule has 340 valence electrons. The molecule has 15 nitrogen and oxygen atoms in total. The van der Waals surface area contributed by atoms with E-state index in [2.05, 4.69) is 5.32 Å². The number of carbonyl (C=O) groups is 5. The van der Waals surface area contributed by atoms with Gasteiger partial charge in [-0.05, 0) is 61.1 Å². The Morgan fingerprint density at radius 1 is 0.922 bits per heavy atom. The zero-order valence-corrected chi connectivity index (χ0v) is 37.2. The molecule has 1 saturated carbocycles. The predicted octanol–water partition coefficient (Wildman–Crippen LogP) is 3.54. The molecule has 64 heavy (non-hydrogen) atoms. The van der Waals surface area contributed by atoms with Crippen LogP contribution in [0.4, 0.5) is 0 Å². The molecular weight excluding hydrogens is 821 g/mol. The number of benzene rings is 3. The highest BCUT2D eigenvalue weighted by atomic mass is 16.8. The molecule has 2 bridgehead atoms. The van der Waals surface area contributed by atoms with Gasteiger partial charge in [0.15, 0.2) is 11.8 Å². The number of likely N-dealkylation sites (N-methyl/N-ethyl adjacent to an activating group) is 2. The van der Waals surface area contributed by atoms with Gasteiger partial charge in [0.25, 0.3) is 0 Å². The number of hydrogen-bond donors (Lipinski definition) is 2.